The van der Waals surface area contributed by atoms with E-state index in [1.165, 1.54) is 0 Å². The largest absolute Gasteiger partial charge is 0.458 e. The molecular weight excluding hydrogens is 248 g/mol. The maximum Gasteiger partial charge on any atom is 0.310 e. The molecule has 20 heavy (non-hydrogen) atoms. The predicted molar refractivity (Wildman–Crippen MR) is 83.4 cm³/mol. The minimum atomic E-state index is -0.185. The molecule has 0 saturated carbocycles. The molecule has 1 rings (SSSR count). The molecule has 2 heteroatoms. The zero-order valence-corrected chi connectivity index (χ0v) is 12.6. The minimum absolute atomic E-state index is 0.177. The van der Waals surface area contributed by atoms with Crippen LogP contribution >= 0.6 is 0 Å². The highest BCUT2D eigenvalue weighted by molar-refractivity contribution is 5.72. The van der Waals surface area contributed by atoms with E-state index in [1.807, 2.05) is 50.3 Å². The van der Waals surface area contributed by atoms with Crippen LogP contribution in [0.2, 0.25) is 0 Å². The first kappa shape index (κ1) is 16.2. The van der Waals surface area contributed by atoms with Crippen LogP contribution in [-0.2, 0) is 16.0 Å². The lowest BCUT2D eigenvalue weighted by Gasteiger charge is -2.09. The van der Waals surface area contributed by atoms with Gasteiger partial charge >= 0.3 is 5.97 Å². The van der Waals surface area contributed by atoms with E-state index in [0.29, 0.717) is 12.3 Å². The van der Waals surface area contributed by atoms with Gasteiger partial charge < -0.3 is 4.74 Å². The van der Waals surface area contributed by atoms with Gasteiger partial charge in [-0.15, -0.1) is 0 Å². The number of hydrogen-bond acceptors (Lipinski definition) is 2. The Labute approximate surface area is 122 Å². The summed E-state index contributed by atoms with van der Waals surface area (Å²) in [5, 5.41) is 0. The average Bonchev–Trinajstić information content (AvgIpc) is 2.39. The molecule has 0 aliphatic rings. The SMILES string of the molecule is C/C=C/C(C)C/C=C/C(C)OC(=O)Cc1ccccc1. The van der Waals surface area contributed by atoms with Gasteiger partial charge in [0.15, 0.2) is 0 Å². The van der Waals surface area contributed by atoms with Crippen LogP contribution < -0.4 is 0 Å². The number of allylic oxidation sites excluding steroid dienone is 3. The topological polar surface area (TPSA) is 26.3 Å². The smallest absolute Gasteiger partial charge is 0.310 e. The average molecular weight is 272 g/mol. The highest BCUT2D eigenvalue weighted by atomic mass is 16.5. The number of benzene rings is 1. The molecular formula is C18H24O2. The van der Waals surface area contributed by atoms with Gasteiger partial charge in [0.05, 0.1) is 6.42 Å². The summed E-state index contributed by atoms with van der Waals surface area (Å²) in [6.45, 7) is 6.07. The number of carbonyl (C=O) groups is 1. The second kappa shape index (κ2) is 9.13. The molecule has 2 unspecified atom stereocenters. The first-order chi connectivity index (χ1) is 9.61. The molecule has 108 valence electrons. The van der Waals surface area contributed by atoms with Crippen LogP contribution in [0.4, 0.5) is 0 Å². The van der Waals surface area contributed by atoms with Gasteiger partial charge in [0, 0.05) is 0 Å². The molecule has 0 N–H and O–H groups in total. The Hall–Kier alpha value is -1.83. The molecule has 0 amide bonds. The van der Waals surface area contributed by atoms with Gasteiger partial charge in [-0.1, -0.05) is 55.5 Å². The van der Waals surface area contributed by atoms with Gasteiger partial charge in [-0.05, 0) is 37.8 Å². The van der Waals surface area contributed by atoms with Gasteiger partial charge in [-0.2, -0.15) is 0 Å². The predicted octanol–water partition coefficient (Wildman–Crippen LogP) is 4.32. The normalized spacial score (nSPS) is 14.6. The third kappa shape index (κ3) is 6.93. The third-order valence-corrected chi connectivity index (χ3v) is 2.94. The van der Waals surface area contributed by atoms with Crippen molar-refractivity contribution >= 4 is 5.97 Å². The Morgan fingerprint density at radius 3 is 2.55 bits per heavy atom. The van der Waals surface area contributed by atoms with E-state index in [4.69, 9.17) is 4.74 Å². The van der Waals surface area contributed by atoms with E-state index in [1.54, 1.807) is 0 Å². The number of hydrogen-bond donors (Lipinski definition) is 0. The van der Waals surface area contributed by atoms with Gasteiger partial charge in [-0.25, -0.2) is 0 Å². The summed E-state index contributed by atoms with van der Waals surface area (Å²) in [7, 11) is 0. The number of carbonyl (C=O) groups excluding carboxylic acids is 1. The quantitative estimate of drug-likeness (QED) is 0.546. The molecule has 2 atom stereocenters. The zero-order valence-electron chi connectivity index (χ0n) is 12.6. The van der Waals surface area contributed by atoms with Crippen LogP contribution in [0.25, 0.3) is 0 Å². The van der Waals surface area contributed by atoms with Crippen molar-refractivity contribution in [2.45, 2.75) is 39.7 Å². The molecule has 0 aromatic heterocycles. The molecule has 0 aliphatic carbocycles. The molecule has 2 nitrogen and oxygen atoms in total. The fourth-order valence-electron chi connectivity index (χ4n) is 1.94. The monoisotopic (exact) mass is 272 g/mol. The first-order valence-corrected chi connectivity index (χ1v) is 7.14. The van der Waals surface area contributed by atoms with Gasteiger partial charge in [0.2, 0.25) is 0 Å². The van der Waals surface area contributed by atoms with Crippen molar-refractivity contribution in [3.8, 4) is 0 Å². The van der Waals surface area contributed by atoms with Crippen molar-refractivity contribution in [2.24, 2.45) is 5.92 Å². The maximum atomic E-state index is 11.8. The van der Waals surface area contributed by atoms with E-state index < -0.39 is 0 Å². The highest BCUT2D eigenvalue weighted by Crippen LogP contribution is 2.07. The Morgan fingerprint density at radius 2 is 1.90 bits per heavy atom. The molecule has 1 aromatic rings. The van der Waals surface area contributed by atoms with Gasteiger partial charge in [0.25, 0.3) is 0 Å². The van der Waals surface area contributed by atoms with Crippen LogP contribution in [0.3, 0.4) is 0 Å². The van der Waals surface area contributed by atoms with Crippen LogP contribution in [0.5, 0.6) is 0 Å². The lowest BCUT2D eigenvalue weighted by molar-refractivity contribution is -0.145. The van der Waals surface area contributed by atoms with E-state index in [9.17, 15) is 4.79 Å². The van der Waals surface area contributed by atoms with Crippen molar-refractivity contribution in [3.63, 3.8) is 0 Å². The number of esters is 1. The maximum absolute atomic E-state index is 11.8. The van der Waals surface area contributed by atoms with Crippen molar-refractivity contribution < 1.29 is 9.53 Å². The van der Waals surface area contributed by atoms with Crippen LogP contribution in [-0.4, -0.2) is 12.1 Å². The Kier molecular flexibility index (Phi) is 7.41. The molecule has 0 radical (unpaired) electrons. The van der Waals surface area contributed by atoms with Crippen LogP contribution in [0.1, 0.15) is 32.8 Å². The molecule has 0 saturated heterocycles. The fourth-order valence-corrected chi connectivity index (χ4v) is 1.94. The van der Waals surface area contributed by atoms with Crippen molar-refractivity contribution in [1.29, 1.82) is 0 Å². The molecule has 0 bridgehead atoms. The fraction of sp³-hybridized carbons (Fsp3) is 0.389. The zero-order chi connectivity index (χ0) is 14.8. The molecule has 0 fully saturated rings. The van der Waals surface area contributed by atoms with E-state index >= 15 is 0 Å². The third-order valence-electron chi connectivity index (χ3n) is 2.94. The summed E-state index contributed by atoms with van der Waals surface area (Å²) in [6, 6.07) is 9.65. The van der Waals surface area contributed by atoms with E-state index in [2.05, 4.69) is 25.2 Å². The number of ether oxygens (including phenoxy) is 1. The lowest BCUT2D eigenvalue weighted by atomic mass is 10.1. The lowest BCUT2D eigenvalue weighted by Crippen LogP contribution is -2.14. The van der Waals surface area contributed by atoms with E-state index in [-0.39, 0.29) is 12.1 Å². The summed E-state index contributed by atoms with van der Waals surface area (Å²) in [5.41, 5.74) is 0.982. The van der Waals surface area contributed by atoms with E-state index in [0.717, 1.165) is 12.0 Å². The Morgan fingerprint density at radius 1 is 1.20 bits per heavy atom. The molecule has 0 aliphatic heterocycles. The van der Waals surface area contributed by atoms with Gasteiger partial charge in [0.1, 0.15) is 6.10 Å². The van der Waals surface area contributed by atoms with Crippen LogP contribution in [0, 0.1) is 5.92 Å². The first-order valence-electron chi connectivity index (χ1n) is 7.14. The Balaban J connectivity index is 2.33. The standard InChI is InChI=1S/C18H24O2/c1-4-9-15(2)10-8-11-16(3)20-18(19)14-17-12-6-5-7-13-17/h4-9,11-13,15-16H,10,14H2,1-3H3/b9-4+,11-8+. The van der Waals surface area contributed by atoms with Crippen molar-refractivity contribution in [1.82, 2.24) is 0 Å². The minimum Gasteiger partial charge on any atom is -0.458 e. The molecule has 1 aromatic carbocycles. The summed E-state index contributed by atoms with van der Waals surface area (Å²) in [6.07, 6.45) is 9.36. The van der Waals surface area contributed by atoms with Gasteiger partial charge in [-0.3, -0.25) is 4.79 Å². The van der Waals surface area contributed by atoms with Crippen LogP contribution in [0.15, 0.2) is 54.6 Å². The second-order valence-electron chi connectivity index (χ2n) is 5.02. The summed E-state index contributed by atoms with van der Waals surface area (Å²) < 4.78 is 5.35. The summed E-state index contributed by atoms with van der Waals surface area (Å²) in [4.78, 5) is 11.8. The number of rotatable bonds is 7. The second-order valence-corrected chi connectivity index (χ2v) is 5.02. The Bertz CT molecular complexity index is 446. The highest BCUT2D eigenvalue weighted by Gasteiger charge is 2.07. The summed E-state index contributed by atoms with van der Waals surface area (Å²) >= 11 is 0. The van der Waals surface area contributed by atoms with Crippen molar-refractivity contribution in [2.75, 3.05) is 0 Å². The van der Waals surface area contributed by atoms with Crippen molar-refractivity contribution in [3.05, 3.63) is 60.2 Å². The summed E-state index contributed by atoms with van der Waals surface area (Å²) in [5.74, 6) is 0.332. The molecule has 0 spiro atoms. The molecule has 0 heterocycles.